The van der Waals surface area contributed by atoms with E-state index >= 15 is 0 Å². The minimum Gasteiger partial charge on any atom is -0.271 e. The molecule has 0 spiro atoms. The number of hydrogen-bond donors (Lipinski definition) is 2. The van der Waals surface area contributed by atoms with Gasteiger partial charge >= 0.3 is 0 Å². The van der Waals surface area contributed by atoms with Crippen LogP contribution in [0.15, 0.2) is 45.3 Å². The molecule has 3 N–H and O–H groups in total. The summed E-state index contributed by atoms with van der Waals surface area (Å²) < 4.78 is 2.12. The van der Waals surface area contributed by atoms with Crippen molar-refractivity contribution in [3.8, 4) is 0 Å². The van der Waals surface area contributed by atoms with Crippen molar-refractivity contribution in [2.24, 2.45) is 5.84 Å². The van der Waals surface area contributed by atoms with Crippen molar-refractivity contribution in [1.29, 1.82) is 0 Å². The summed E-state index contributed by atoms with van der Waals surface area (Å²) >= 11 is 7.11. The van der Waals surface area contributed by atoms with Crippen LogP contribution in [-0.4, -0.2) is 0 Å². The molecule has 1 atom stereocenters. The summed E-state index contributed by atoms with van der Waals surface area (Å²) in [5.74, 6) is 5.76. The lowest BCUT2D eigenvalue weighted by Crippen LogP contribution is -2.30. The summed E-state index contributed by atoms with van der Waals surface area (Å²) in [6.07, 6.45) is 0.855. The molecule has 2 aromatic rings. The van der Waals surface area contributed by atoms with Crippen LogP contribution in [0.3, 0.4) is 0 Å². The molecule has 0 fully saturated rings. The molecule has 0 radical (unpaired) electrons. The molecule has 4 heteroatoms. The van der Waals surface area contributed by atoms with Crippen LogP contribution in [0.4, 0.5) is 0 Å². The van der Waals surface area contributed by atoms with Gasteiger partial charge in [-0.3, -0.25) is 11.3 Å². The first-order valence-electron chi connectivity index (χ1n) is 6.48. The van der Waals surface area contributed by atoms with E-state index in [-0.39, 0.29) is 6.04 Å². The summed E-state index contributed by atoms with van der Waals surface area (Å²) in [5.41, 5.74) is 7.93. The van der Waals surface area contributed by atoms with Crippen molar-refractivity contribution in [3.63, 3.8) is 0 Å². The fraction of sp³-hybridized carbons (Fsp3) is 0.250. The largest absolute Gasteiger partial charge is 0.271 e. The van der Waals surface area contributed by atoms with Crippen molar-refractivity contribution >= 4 is 31.9 Å². The maximum atomic E-state index is 5.76. The summed E-state index contributed by atoms with van der Waals surface area (Å²) in [6.45, 7) is 4.24. The van der Waals surface area contributed by atoms with Gasteiger partial charge in [0.2, 0.25) is 0 Å². The average molecular weight is 398 g/mol. The molecule has 0 amide bonds. The topological polar surface area (TPSA) is 38.0 Å². The Morgan fingerprint density at radius 3 is 2.30 bits per heavy atom. The third-order valence-corrected chi connectivity index (χ3v) is 4.47. The minimum absolute atomic E-state index is 0.0723. The summed E-state index contributed by atoms with van der Waals surface area (Å²) in [5, 5.41) is 0. The number of rotatable bonds is 4. The van der Waals surface area contributed by atoms with Crippen LogP contribution in [0, 0.1) is 13.8 Å². The molecule has 0 bridgehead atoms. The molecule has 2 aromatic carbocycles. The van der Waals surface area contributed by atoms with Gasteiger partial charge in [0.1, 0.15) is 0 Å². The number of hydrogen-bond acceptors (Lipinski definition) is 2. The van der Waals surface area contributed by atoms with Crippen molar-refractivity contribution in [2.45, 2.75) is 26.3 Å². The van der Waals surface area contributed by atoms with Crippen molar-refractivity contribution in [2.75, 3.05) is 0 Å². The van der Waals surface area contributed by atoms with Crippen molar-refractivity contribution in [1.82, 2.24) is 5.43 Å². The highest BCUT2D eigenvalue weighted by Gasteiger charge is 2.14. The third kappa shape index (κ3) is 3.92. The number of nitrogens with one attached hydrogen (secondary N) is 1. The van der Waals surface area contributed by atoms with Crippen LogP contribution in [0.2, 0.25) is 0 Å². The zero-order chi connectivity index (χ0) is 14.7. The van der Waals surface area contributed by atoms with Gasteiger partial charge in [-0.05, 0) is 49.6 Å². The Kier molecular flexibility index (Phi) is 5.38. The van der Waals surface area contributed by atoms with Crippen molar-refractivity contribution < 1.29 is 0 Å². The Labute approximate surface area is 137 Å². The molecule has 106 valence electrons. The second kappa shape index (κ2) is 6.85. The van der Waals surface area contributed by atoms with Crippen LogP contribution in [-0.2, 0) is 6.42 Å². The highest BCUT2D eigenvalue weighted by Crippen LogP contribution is 2.29. The van der Waals surface area contributed by atoms with E-state index in [1.165, 1.54) is 16.7 Å². The van der Waals surface area contributed by atoms with Crippen LogP contribution < -0.4 is 11.3 Å². The maximum absolute atomic E-state index is 5.76. The van der Waals surface area contributed by atoms with Gasteiger partial charge in [-0.15, -0.1) is 0 Å². The lowest BCUT2D eigenvalue weighted by molar-refractivity contribution is 0.549. The van der Waals surface area contributed by atoms with Crippen LogP contribution in [0.1, 0.15) is 28.3 Å². The van der Waals surface area contributed by atoms with Gasteiger partial charge in [0, 0.05) is 8.95 Å². The van der Waals surface area contributed by atoms with E-state index in [2.05, 4.69) is 75.4 Å². The van der Waals surface area contributed by atoms with E-state index in [1.54, 1.807) is 0 Å². The zero-order valence-electron chi connectivity index (χ0n) is 11.6. The number of hydrazine groups is 1. The van der Waals surface area contributed by atoms with Crippen LogP contribution >= 0.6 is 31.9 Å². The molecule has 20 heavy (non-hydrogen) atoms. The summed E-state index contributed by atoms with van der Waals surface area (Å²) in [4.78, 5) is 0. The van der Waals surface area contributed by atoms with Gasteiger partial charge < -0.3 is 0 Å². The minimum atomic E-state index is 0.0723. The highest BCUT2D eigenvalue weighted by atomic mass is 79.9. The molecule has 0 aliphatic carbocycles. The smallest absolute Gasteiger partial charge is 0.0511 e. The molecular weight excluding hydrogens is 380 g/mol. The summed E-state index contributed by atoms with van der Waals surface area (Å²) in [6, 6.07) is 12.8. The fourth-order valence-electron chi connectivity index (χ4n) is 2.46. The van der Waals surface area contributed by atoms with E-state index in [0.29, 0.717) is 0 Å². The van der Waals surface area contributed by atoms with Gasteiger partial charge in [-0.25, -0.2) is 0 Å². The van der Waals surface area contributed by atoms with Gasteiger partial charge in [-0.1, -0.05) is 61.2 Å². The van der Waals surface area contributed by atoms with E-state index in [9.17, 15) is 0 Å². The number of benzene rings is 2. The molecule has 0 aliphatic heterocycles. The van der Waals surface area contributed by atoms with E-state index < -0.39 is 0 Å². The highest BCUT2D eigenvalue weighted by molar-refractivity contribution is 9.11. The van der Waals surface area contributed by atoms with Crippen LogP contribution in [0.5, 0.6) is 0 Å². The second-order valence-corrected chi connectivity index (χ2v) is 6.86. The fourth-order valence-corrected chi connectivity index (χ4v) is 3.36. The predicted molar refractivity (Wildman–Crippen MR) is 91.5 cm³/mol. The first-order chi connectivity index (χ1) is 9.49. The van der Waals surface area contributed by atoms with Gasteiger partial charge in [-0.2, -0.15) is 0 Å². The lowest BCUT2D eigenvalue weighted by Gasteiger charge is -2.19. The Morgan fingerprint density at radius 1 is 1.05 bits per heavy atom. The van der Waals surface area contributed by atoms with Gasteiger partial charge in [0.05, 0.1) is 6.04 Å². The number of halogens is 2. The molecule has 1 unspecified atom stereocenters. The monoisotopic (exact) mass is 396 g/mol. The zero-order valence-corrected chi connectivity index (χ0v) is 14.8. The first kappa shape index (κ1) is 15.7. The predicted octanol–water partition coefficient (Wildman–Crippen LogP) is 4.58. The Hall–Kier alpha value is -0.680. The molecule has 0 saturated carbocycles. The molecule has 0 aliphatic rings. The van der Waals surface area contributed by atoms with E-state index in [4.69, 9.17) is 5.84 Å². The molecule has 0 heterocycles. The number of nitrogens with two attached hydrogens (primary N) is 1. The summed E-state index contributed by atoms with van der Waals surface area (Å²) in [7, 11) is 0. The lowest BCUT2D eigenvalue weighted by atomic mass is 9.97. The quantitative estimate of drug-likeness (QED) is 0.585. The normalized spacial score (nSPS) is 12.4. The molecule has 0 aromatic heterocycles. The Bertz CT molecular complexity index is 591. The molecule has 0 saturated heterocycles. The maximum Gasteiger partial charge on any atom is 0.0511 e. The molecule has 2 rings (SSSR count). The second-order valence-electron chi connectivity index (χ2n) is 5.09. The van der Waals surface area contributed by atoms with E-state index in [0.717, 1.165) is 20.9 Å². The van der Waals surface area contributed by atoms with Crippen LogP contribution in [0.25, 0.3) is 0 Å². The van der Waals surface area contributed by atoms with Gasteiger partial charge in [0.25, 0.3) is 0 Å². The molecule has 2 nitrogen and oxygen atoms in total. The standard InChI is InChI=1S/C16H18Br2N2/c1-10-5-11(2)7-12(6-10)8-16(20-19)14-9-13(17)3-4-15(14)18/h3-7,9,16,20H,8,19H2,1-2H3. The average Bonchev–Trinajstić information content (AvgIpc) is 2.38. The van der Waals surface area contributed by atoms with E-state index in [1.807, 2.05) is 12.1 Å². The number of aryl methyl sites for hydroxylation is 2. The van der Waals surface area contributed by atoms with Gasteiger partial charge in [0.15, 0.2) is 0 Å². The first-order valence-corrected chi connectivity index (χ1v) is 8.06. The SMILES string of the molecule is Cc1cc(C)cc(CC(NN)c2cc(Br)ccc2Br)c1. The Balaban J connectivity index is 2.31. The Morgan fingerprint density at radius 2 is 1.70 bits per heavy atom. The third-order valence-electron chi connectivity index (χ3n) is 3.26. The van der Waals surface area contributed by atoms with Crippen molar-refractivity contribution in [3.05, 3.63) is 67.6 Å². The molecular formula is C16H18Br2N2.